The SMILES string of the molecule is CCNC(=NCCC(=O)OC(C)C)N1CCN(C(C)=O)CC1. The Labute approximate surface area is 132 Å². The summed E-state index contributed by atoms with van der Waals surface area (Å²) < 4.78 is 5.09. The van der Waals surface area contributed by atoms with Crippen molar-refractivity contribution in [3.63, 3.8) is 0 Å². The highest BCUT2D eigenvalue weighted by Gasteiger charge is 2.20. The Bertz CT molecular complexity index is 402. The molecular weight excluding hydrogens is 284 g/mol. The number of carbonyl (C=O) groups excluding carboxylic acids is 2. The molecule has 1 amide bonds. The first-order valence-corrected chi connectivity index (χ1v) is 7.92. The molecule has 1 N–H and O–H groups in total. The second kappa shape index (κ2) is 9.27. The lowest BCUT2D eigenvalue weighted by Gasteiger charge is -2.36. The van der Waals surface area contributed by atoms with Gasteiger partial charge in [0.2, 0.25) is 5.91 Å². The third-order valence-corrected chi connectivity index (χ3v) is 3.30. The number of carbonyl (C=O) groups is 2. The van der Waals surface area contributed by atoms with Gasteiger partial charge in [-0.2, -0.15) is 0 Å². The van der Waals surface area contributed by atoms with Gasteiger partial charge in [0.15, 0.2) is 5.96 Å². The van der Waals surface area contributed by atoms with E-state index >= 15 is 0 Å². The van der Waals surface area contributed by atoms with Gasteiger partial charge in [-0.3, -0.25) is 14.6 Å². The number of hydrogen-bond donors (Lipinski definition) is 1. The number of nitrogens with one attached hydrogen (secondary N) is 1. The summed E-state index contributed by atoms with van der Waals surface area (Å²) in [6.45, 7) is 11.3. The summed E-state index contributed by atoms with van der Waals surface area (Å²) in [6.07, 6.45) is 0.185. The summed E-state index contributed by atoms with van der Waals surface area (Å²) >= 11 is 0. The van der Waals surface area contributed by atoms with E-state index in [0.29, 0.717) is 19.6 Å². The molecule has 1 heterocycles. The summed E-state index contributed by atoms with van der Waals surface area (Å²) in [5.74, 6) is 0.678. The molecule has 0 bridgehead atoms. The normalized spacial score (nSPS) is 16.0. The zero-order valence-corrected chi connectivity index (χ0v) is 14.1. The number of aliphatic imine (C=N–C) groups is 1. The van der Waals surface area contributed by atoms with Crippen molar-refractivity contribution in [3.05, 3.63) is 0 Å². The topological polar surface area (TPSA) is 74.2 Å². The van der Waals surface area contributed by atoms with Crippen LogP contribution in [0.15, 0.2) is 4.99 Å². The van der Waals surface area contributed by atoms with Gasteiger partial charge in [-0.05, 0) is 20.8 Å². The van der Waals surface area contributed by atoms with E-state index < -0.39 is 0 Å². The molecule has 0 atom stereocenters. The zero-order chi connectivity index (χ0) is 16.5. The van der Waals surface area contributed by atoms with Gasteiger partial charge in [0.05, 0.1) is 19.1 Å². The standard InChI is InChI=1S/C15H28N4O3/c1-5-16-15(17-7-6-14(21)22-12(2)3)19-10-8-18(9-11-19)13(4)20/h12H,5-11H2,1-4H3,(H,16,17). The summed E-state index contributed by atoms with van der Waals surface area (Å²) in [5, 5.41) is 3.23. The lowest BCUT2D eigenvalue weighted by molar-refractivity contribution is -0.147. The van der Waals surface area contributed by atoms with E-state index in [0.717, 1.165) is 25.6 Å². The van der Waals surface area contributed by atoms with Gasteiger partial charge >= 0.3 is 5.97 Å². The van der Waals surface area contributed by atoms with E-state index in [4.69, 9.17) is 4.74 Å². The van der Waals surface area contributed by atoms with E-state index in [2.05, 4.69) is 15.2 Å². The third kappa shape index (κ3) is 6.32. The molecule has 1 aliphatic rings. The van der Waals surface area contributed by atoms with Crippen LogP contribution in [0.1, 0.15) is 34.1 Å². The van der Waals surface area contributed by atoms with Crippen molar-refractivity contribution in [1.82, 2.24) is 15.1 Å². The lowest BCUT2D eigenvalue weighted by atomic mass is 10.3. The molecule has 1 fully saturated rings. The predicted octanol–water partition coefficient (Wildman–Crippen LogP) is 0.458. The third-order valence-electron chi connectivity index (χ3n) is 3.30. The Balaban J connectivity index is 2.49. The van der Waals surface area contributed by atoms with E-state index in [9.17, 15) is 9.59 Å². The van der Waals surface area contributed by atoms with E-state index in [-0.39, 0.29) is 24.4 Å². The maximum absolute atomic E-state index is 11.5. The van der Waals surface area contributed by atoms with Crippen molar-refractivity contribution in [1.29, 1.82) is 0 Å². The Hall–Kier alpha value is -1.79. The van der Waals surface area contributed by atoms with E-state index in [1.54, 1.807) is 6.92 Å². The van der Waals surface area contributed by atoms with Gasteiger partial charge in [-0.15, -0.1) is 0 Å². The Morgan fingerprint density at radius 1 is 1.18 bits per heavy atom. The number of esters is 1. The van der Waals surface area contributed by atoms with Crippen molar-refractivity contribution in [2.45, 2.75) is 40.2 Å². The minimum absolute atomic E-state index is 0.0932. The highest BCUT2D eigenvalue weighted by atomic mass is 16.5. The van der Waals surface area contributed by atoms with Gasteiger partial charge in [-0.1, -0.05) is 0 Å². The van der Waals surface area contributed by atoms with E-state index in [1.807, 2.05) is 25.7 Å². The average Bonchev–Trinajstić information content (AvgIpc) is 2.45. The van der Waals surface area contributed by atoms with Crippen LogP contribution in [0.4, 0.5) is 0 Å². The molecule has 0 unspecified atom stereocenters. The number of hydrogen-bond acceptors (Lipinski definition) is 4. The maximum atomic E-state index is 11.5. The Kier molecular flexibility index (Phi) is 7.70. The van der Waals surface area contributed by atoms with E-state index in [1.165, 1.54) is 0 Å². The number of piperazine rings is 1. The zero-order valence-electron chi connectivity index (χ0n) is 14.1. The molecule has 1 aliphatic heterocycles. The second-order valence-corrected chi connectivity index (χ2v) is 5.52. The molecule has 0 aromatic heterocycles. The first-order valence-electron chi connectivity index (χ1n) is 7.92. The molecule has 126 valence electrons. The largest absolute Gasteiger partial charge is 0.463 e. The van der Waals surface area contributed by atoms with Gasteiger partial charge in [0.25, 0.3) is 0 Å². The van der Waals surface area contributed by atoms with Crippen LogP contribution in [0.2, 0.25) is 0 Å². The molecular formula is C15H28N4O3. The van der Waals surface area contributed by atoms with Crippen LogP contribution in [0.5, 0.6) is 0 Å². The number of guanidine groups is 1. The Morgan fingerprint density at radius 3 is 2.27 bits per heavy atom. The van der Waals surface area contributed by atoms with Crippen molar-refractivity contribution in [3.8, 4) is 0 Å². The number of rotatable bonds is 5. The molecule has 0 aliphatic carbocycles. The highest BCUT2D eigenvalue weighted by molar-refractivity contribution is 5.81. The van der Waals surface area contributed by atoms with Crippen LogP contribution in [-0.2, 0) is 14.3 Å². The van der Waals surface area contributed by atoms with Gasteiger partial charge < -0.3 is 19.9 Å². The maximum Gasteiger partial charge on any atom is 0.307 e. The van der Waals surface area contributed by atoms with Crippen LogP contribution in [0.25, 0.3) is 0 Å². The van der Waals surface area contributed by atoms with Crippen LogP contribution in [-0.4, -0.2) is 73.0 Å². The molecule has 0 spiro atoms. The number of amides is 1. The van der Waals surface area contributed by atoms with Gasteiger partial charge in [0, 0.05) is 39.6 Å². The summed E-state index contributed by atoms with van der Waals surface area (Å²) in [5.41, 5.74) is 0. The average molecular weight is 312 g/mol. The summed E-state index contributed by atoms with van der Waals surface area (Å²) in [6, 6.07) is 0. The number of ether oxygens (including phenoxy) is 1. The lowest BCUT2D eigenvalue weighted by Crippen LogP contribution is -2.53. The molecule has 7 heteroatoms. The number of nitrogens with zero attached hydrogens (tertiary/aromatic N) is 3. The highest BCUT2D eigenvalue weighted by Crippen LogP contribution is 2.03. The van der Waals surface area contributed by atoms with Crippen molar-refractivity contribution >= 4 is 17.8 Å². The fourth-order valence-electron chi connectivity index (χ4n) is 2.23. The van der Waals surface area contributed by atoms with Crippen LogP contribution >= 0.6 is 0 Å². The summed E-state index contributed by atoms with van der Waals surface area (Å²) in [4.78, 5) is 31.3. The molecule has 0 saturated carbocycles. The molecule has 1 rings (SSSR count). The van der Waals surface area contributed by atoms with Gasteiger partial charge in [0.1, 0.15) is 0 Å². The predicted molar refractivity (Wildman–Crippen MR) is 85.7 cm³/mol. The molecule has 0 aromatic carbocycles. The summed E-state index contributed by atoms with van der Waals surface area (Å²) in [7, 11) is 0. The van der Waals surface area contributed by atoms with Crippen LogP contribution in [0.3, 0.4) is 0 Å². The monoisotopic (exact) mass is 312 g/mol. The molecule has 7 nitrogen and oxygen atoms in total. The molecule has 22 heavy (non-hydrogen) atoms. The molecule has 0 aromatic rings. The van der Waals surface area contributed by atoms with Gasteiger partial charge in [-0.25, -0.2) is 0 Å². The smallest absolute Gasteiger partial charge is 0.307 e. The quantitative estimate of drug-likeness (QED) is 0.453. The minimum atomic E-state index is -0.226. The fraction of sp³-hybridized carbons (Fsp3) is 0.800. The first-order chi connectivity index (χ1) is 10.4. The Morgan fingerprint density at radius 2 is 1.77 bits per heavy atom. The minimum Gasteiger partial charge on any atom is -0.463 e. The van der Waals surface area contributed by atoms with Crippen molar-refractivity contribution in [2.24, 2.45) is 4.99 Å². The second-order valence-electron chi connectivity index (χ2n) is 5.52. The first kappa shape index (κ1) is 18.3. The van der Waals surface area contributed by atoms with Crippen LogP contribution in [0, 0.1) is 0 Å². The van der Waals surface area contributed by atoms with Crippen LogP contribution < -0.4 is 5.32 Å². The van der Waals surface area contributed by atoms with Crippen molar-refractivity contribution in [2.75, 3.05) is 39.3 Å². The molecule has 1 saturated heterocycles. The molecule has 0 radical (unpaired) electrons. The van der Waals surface area contributed by atoms with Crippen molar-refractivity contribution < 1.29 is 14.3 Å². The fourth-order valence-corrected chi connectivity index (χ4v) is 2.23.